The molecule has 0 radical (unpaired) electrons. The SMILES string of the molecule is Cc1ccc(C(=O)Nc2cccc(OCC(N)=O)c2)cc1C. The summed E-state index contributed by atoms with van der Waals surface area (Å²) in [5.74, 6) is -0.281. The summed E-state index contributed by atoms with van der Waals surface area (Å²) < 4.78 is 5.20. The average molecular weight is 298 g/mol. The summed E-state index contributed by atoms with van der Waals surface area (Å²) >= 11 is 0. The van der Waals surface area contributed by atoms with Crippen LogP contribution in [0.25, 0.3) is 0 Å². The lowest BCUT2D eigenvalue weighted by Gasteiger charge is -2.09. The highest BCUT2D eigenvalue weighted by molar-refractivity contribution is 6.04. The molecule has 2 aromatic rings. The Hall–Kier alpha value is -2.82. The first kappa shape index (κ1) is 15.6. The van der Waals surface area contributed by atoms with Gasteiger partial charge < -0.3 is 15.8 Å². The predicted molar refractivity (Wildman–Crippen MR) is 85.0 cm³/mol. The van der Waals surface area contributed by atoms with Crippen molar-refractivity contribution in [2.24, 2.45) is 5.73 Å². The van der Waals surface area contributed by atoms with Crippen LogP contribution in [0.3, 0.4) is 0 Å². The van der Waals surface area contributed by atoms with E-state index >= 15 is 0 Å². The molecule has 2 amide bonds. The number of anilines is 1. The lowest BCUT2D eigenvalue weighted by atomic mass is 10.1. The third-order valence-corrected chi connectivity index (χ3v) is 3.24. The monoisotopic (exact) mass is 298 g/mol. The number of benzene rings is 2. The fourth-order valence-corrected chi connectivity index (χ4v) is 1.90. The van der Waals surface area contributed by atoms with E-state index in [2.05, 4.69) is 5.32 Å². The number of rotatable bonds is 5. The number of hydrogen-bond donors (Lipinski definition) is 2. The van der Waals surface area contributed by atoms with Crippen molar-refractivity contribution in [1.82, 2.24) is 0 Å². The molecule has 0 fully saturated rings. The maximum Gasteiger partial charge on any atom is 0.255 e. The molecule has 0 saturated heterocycles. The maximum atomic E-state index is 12.2. The number of carbonyl (C=O) groups is 2. The fourth-order valence-electron chi connectivity index (χ4n) is 1.90. The third-order valence-electron chi connectivity index (χ3n) is 3.24. The Morgan fingerprint density at radius 3 is 2.55 bits per heavy atom. The highest BCUT2D eigenvalue weighted by atomic mass is 16.5. The second-order valence-electron chi connectivity index (χ2n) is 5.04. The Morgan fingerprint density at radius 2 is 1.86 bits per heavy atom. The Balaban J connectivity index is 2.09. The molecule has 5 heteroatoms. The standard InChI is InChI=1S/C17H18N2O3/c1-11-6-7-13(8-12(11)2)17(21)19-14-4-3-5-15(9-14)22-10-16(18)20/h3-9H,10H2,1-2H3,(H2,18,20)(H,19,21). The topological polar surface area (TPSA) is 81.4 Å². The van der Waals surface area contributed by atoms with Crippen molar-refractivity contribution in [3.05, 3.63) is 59.2 Å². The molecule has 0 unspecified atom stereocenters. The number of aryl methyl sites for hydroxylation is 2. The number of ether oxygens (including phenoxy) is 1. The number of amides is 2. The molecule has 2 rings (SSSR count). The molecule has 0 aromatic heterocycles. The van der Waals surface area contributed by atoms with Crippen LogP contribution in [-0.4, -0.2) is 18.4 Å². The van der Waals surface area contributed by atoms with Crippen molar-refractivity contribution >= 4 is 17.5 Å². The van der Waals surface area contributed by atoms with Crippen molar-refractivity contribution in [2.45, 2.75) is 13.8 Å². The van der Waals surface area contributed by atoms with Gasteiger partial charge in [0.1, 0.15) is 5.75 Å². The van der Waals surface area contributed by atoms with Crippen LogP contribution in [-0.2, 0) is 4.79 Å². The minimum atomic E-state index is -0.551. The molecule has 0 bridgehead atoms. The molecular weight excluding hydrogens is 280 g/mol. The molecule has 0 aliphatic heterocycles. The van der Waals surface area contributed by atoms with Crippen molar-refractivity contribution < 1.29 is 14.3 Å². The van der Waals surface area contributed by atoms with Crippen LogP contribution in [0.1, 0.15) is 21.5 Å². The van der Waals surface area contributed by atoms with Gasteiger partial charge in [0.2, 0.25) is 0 Å². The summed E-state index contributed by atoms with van der Waals surface area (Å²) in [5, 5.41) is 2.80. The molecule has 0 spiro atoms. The van der Waals surface area contributed by atoms with Gasteiger partial charge in [0.15, 0.2) is 6.61 Å². The number of nitrogens with two attached hydrogens (primary N) is 1. The Morgan fingerprint density at radius 1 is 1.09 bits per heavy atom. The zero-order chi connectivity index (χ0) is 16.1. The van der Waals surface area contributed by atoms with E-state index in [-0.39, 0.29) is 12.5 Å². The molecule has 0 saturated carbocycles. The van der Waals surface area contributed by atoms with E-state index in [1.54, 1.807) is 30.3 Å². The van der Waals surface area contributed by atoms with Gasteiger partial charge in [-0.05, 0) is 49.2 Å². The maximum absolute atomic E-state index is 12.2. The van der Waals surface area contributed by atoms with Crippen LogP contribution in [0.15, 0.2) is 42.5 Å². The third kappa shape index (κ3) is 4.09. The molecule has 5 nitrogen and oxygen atoms in total. The summed E-state index contributed by atoms with van der Waals surface area (Å²) in [6.07, 6.45) is 0. The molecule has 3 N–H and O–H groups in total. The van der Waals surface area contributed by atoms with Crippen LogP contribution in [0, 0.1) is 13.8 Å². The largest absolute Gasteiger partial charge is 0.484 e. The van der Waals surface area contributed by atoms with Gasteiger partial charge in [0, 0.05) is 17.3 Å². The number of nitrogens with one attached hydrogen (secondary N) is 1. The quantitative estimate of drug-likeness (QED) is 0.889. The molecule has 2 aromatic carbocycles. The summed E-state index contributed by atoms with van der Waals surface area (Å²) in [7, 11) is 0. The smallest absolute Gasteiger partial charge is 0.255 e. The minimum Gasteiger partial charge on any atom is -0.484 e. The fraction of sp³-hybridized carbons (Fsp3) is 0.176. The summed E-state index contributed by atoms with van der Waals surface area (Å²) in [6, 6.07) is 12.3. The van der Waals surface area contributed by atoms with Gasteiger partial charge in [-0.3, -0.25) is 9.59 Å². The number of carbonyl (C=O) groups excluding carboxylic acids is 2. The zero-order valence-corrected chi connectivity index (χ0v) is 12.6. The second-order valence-corrected chi connectivity index (χ2v) is 5.04. The van der Waals surface area contributed by atoms with Gasteiger partial charge in [-0.25, -0.2) is 0 Å². The molecule has 0 heterocycles. The highest BCUT2D eigenvalue weighted by Crippen LogP contribution is 2.18. The van der Waals surface area contributed by atoms with E-state index in [1.165, 1.54) is 0 Å². The molecule has 0 atom stereocenters. The van der Waals surface area contributed by atoms with Gasteiger partial charge in [-0.2, -0.15) is 0 Å². The van der Waals surface area contributed by atoms with Crippen LogP contribution < -0.4 is 15.8 Å². The molecule has 0 aliphatic rings. The molecule has 114 valence electrons. The van der Waals surface area contributed by atoms with Crippen molar-refractivity contribution in [3.8, 4) is 5.75 Å². The summed E-state index contributed by atoms with van der Waals surface area (Å²) in [5.41, 5.74) is 8.40. The van der Waals surface area contributed by atoms with Crippen LogP contribution >= 0.6 is 0 Å². The van der Waals surface area contributed by atoms with Crippen molar-refractivity contribution in [1.29, 1.82) is 0 Å². The van der Waals surface area contributed by atoms with Crippen LogP contribution in [0.4, 0.5) is 5.69 Å². The predicted octanol–water partition coefficient (Wildman–Crippen LogP) is 2.42. The number of primary amides is 1. The summed E-state index contributed by atoms with van der Waals surface area (Å²) in [4.78, 5) is 22.9. The first-order valence-corrected chi connectivity index (χ1v) is 6.85. The minimum absolute atomic E-state index is 0.199. The average Bonchev–Trinajstić information content (AvgIpc) is 2.48. The Kier molecular flexibility index (Phi) is 4.78. The van der Waals surface area contributed by atoms with Crippen molar-refractivity contribution in [3.63, 3.8) is 0 Å². The van der Waals surface area contributed by atoms with Crippen LogP contribution in [0.2, 0.25) is 0 Å². The zero-order valence-electron chi connectivity index (χ0n) is 12.6. The lowest BCUT2D eigenvalue weighted by molar-refractivity contribution is -0.119. The van der Waals surface area contributed by atoms with E-state index in [9.17, 15) is 9.59 Å². The first-order valence-electron chi connectivity index (χ1n) is 6.85. The normalized spacial score (nSPS) is 10.1. The molecule has 0 aliphatic carbocycles. The highest BCUT2D eigenvalue weighted by Gasteiger charge is 2.08. The summed E-state index contributed by atoms with van der Waals surface area (Å²) in [6.45, 7) is 3.76. The Labute approximate surface area is 129 Å². The second kappa shape index (κ2) is 6.76. The van der Waals surface area contributed by atoms with Gasteiger partial charge in [-0.15, -0.1) is 0 Å². The van der Waals surface area contributed by atoms with Gasteiger partial charge in [0.25, 0.3) is 11.8 Å². The molecule has 22 heavy (non-hydrogen) atoms. The van der Waals surface area contributed by atoms with Crippen LogP contribution in [0.5, 0.6) is 5.75 Å². The molecular formula is C17H18N2O3. The van der Waals surface area contributed by atoms with E-state index in [0.717, 1.165) is 11.1 Å². The van der Waals surface area contributed by atoms with E-state index in [0.29, 0.717) is 17.0 Å². The van der Waals surface area contributed by atoms with E-state index < -0.39 is 5.91 Å². The van der Waals surface area contributed by atoms with Gasteiger partial charge >= 0.3 is 0 Å². The number of hydrogen-bond acceptors (Lipinski definition) is 3. The lowest BCUT2D eigenvalue weighted by Crippen LogP contribution is -2.20. The first-order chi connectivity index (χ1) is 10.5. The van der Waals surface area contributed by atoms with Crippen molar-refractivity contribution in [2.75, 3.05) is 11.9 Å². The van der Waals surface area contributed by atoms with Gasteiger partial charge in [0.05, 0.1) is 0 Å². The van der Waals surface area contributed by atoms with E-state index in [4.69, 9.17) is 10.5 Å². The van der Waals surface area contributed by atoms with Gasteiger partial charge in [-0.1, -0.05) is 12.1 Å². The Bertz CT molecular complexity index is 711. The van der Waals surface area contributed by atoms with E-state index in [1.807, 2.05) is 26.0 Å².